The summed E-state index contributed by atoms with van der Waals surface area (Å²) < 4.78 is 1.06. The van der Waals surface area contributed by atoms with E-state index in [1.165, 1.54) is 11.3 Å². The van der Waals surface area contributed by atoms with Crippen molar-refractivity contribution in [3.63, 3.8) is 0 Å². The molecule has 0 aromatic heterocycles. The molecule has 1 saturated heterocycles. The van der Waals surface area contributed by atoms with Crippen LogP contribution in [-0.4, -0.2) is 18.1 Å². The fourth-order valence-electron chi connectivity index (χ4n) is 4.23. The molecule has 0 spiro atoms. The zero-order valence-corrected chi connectivity index (χ0v) is 16.9. The van der Waals surface area contributed by atoms with E-state index in [4.69, 9.17) is 0 Å². The Labute approximate surface area is 163 Å². The molecule has 1 fully saturated rings. The highest BCUT2D eigenvalue weighted by Gasteiger charge is 2.58. The maximum absolute atomic E-state index is 12.7. The Bertz CT molecular complexity index is 887. The second kappa shape index (κ2) is 5.98. The topological polar surface area (TPSA) is 32.3 Å². The molecule has 2 aliphatic rings. The van der Waals surface area contributed by atoms with Gasteiger partial charge in [-0.15, -0.1) is 0 Å². The first-order valence-electron chi connectivity index (χ1n) is 8.99. The number of amides is 1. The molecule has 1 N–H and O–H groups in total. The average Bonchev–Trinajstić information content (AvgIpc) is 2.81. The molecule has 2 aromatic rings. The number of carbonyl (C=O) groups is 1. The Hall–Kier alpha value is -2.07. The molecule has 2 heterocycles. The largest absolute Gasteiger partial charge is 0.344 e. The smallest absolute Gasteiger partial charge is 0.226 e. The van der Waals surface area contributed by atoms with E-state index in [0.717, 1.165) is 16.6 Å². The number of para-hydroxylation sites is 1. The standard InChI is InChI=1S/C22H23BrN2O/c1-15-14-25-19-7-5-4-6-18(19)21(2,3)22(25,24-20(15)26)13-12-16-8-10-17(23)11-9-16/h4-13,15H,14H2,1-3H3,(H,24,26)/b13-12+/t15-,22+/m1/s1. The van der Waals surface area contributed by atoms with Crippen molar-refractivity contribution in [2.45, 2.75) is 31.8 Å². The maximum atomic E-state index is 12.7. The van der Waals surface area contributed by atoms with Gasteiger partial charge in [0.1, 0.15) is 5.66 Å². The van der Waals surface area contributed by atoms with Crippen molar-refractivity contribution in [3.8, 4) is 0 Å². The zero-order valence-electron chi connectivity index (χ0n) is 15.3. The Morgan fingerprint density at radius 1 is 1.15 bits per heavy atom. The molecule has 0 bridgehead atoms. The first-order valence-corrected chi connectivity index (χ1v) is 9.78. The van der Waals surface area contributed by atoms with Gasteiger partial charge in [0.25, 0.3) is 0 Å². The van der Waals surface area contributed by atoms with Crippen LogP contribution in [0.3, 0.4) is 0 Å². The van der Waals surface area contributed by atoms with E-state index in [2.05, 4.69) is 88.5 Å². The van der Waals surface area contributed by atoms with E-state index in [1.807, 2.05) is 19.1 Å². The van der Waals surface area contributed by atoms with Gasteiger partial charge in [0, 0.05) is 22.1 Å². The lowest BCUT2D eigenvalue weighted by molar-refractivity contribution is -0.128. The summed E-state index contributed by atoms with van der Waals surface area (Å²) in [4.78, 5) is 15.0. The van der Waals surface area contributed by atoms with Gasteiger partial charge < -0.3 is 10.2 Å². The summed E-state index contributed by atoms with van der Waals surface area (Å²) in [6.45, 7) is 7.14. The lowest BCUT2D eigenvalue weighted by Crippen LogP contribution is -2.70. The summed E-state index contributed by atoms with van der Waals surface area (Å²) in [5.41, 5.74) is 2.79. The van der Waals surface area contributed by atoms with Crippen molar-refractivity contribution in [1.29, 1.82) is 0 Å². The molecule has 1 amide bonds. The molecule has 0 aliphatic carbocycles. The molecule has 134 valence electrons. The number of benzene rings is 2. The van der Waals surface area contributed by atoms with Crippen LogP contribution in [0.25, 0.3) is 6.08 Å². The number of fused-ring (bicyclic) bond motifs is 3. The molecule has 2 aliphatic heterocycles. The van der Waals surface area contributed by atoms with Crippen LogP contribution >= 0.6 is 15.9 Å². The second-order valence-corrected chi connectivity index (χ2v) is 8.71. The summed E-state index contributed by atoms with van der Waals surface area (Å²) in [6.07, 6.45) is 4.28. The van der Waals surface area contributed by atoms with Crippen LogP contribution in [0.5, 0.6) is 0 Å². The fourth-order valence-corrected chi connectivity index (χ4v) is 4.50. The third-order valence-electron chi connectivity index (χ3n) is 5.85. The molecular formula is C22H23BrN2O. The summed E-state index contributed by atoms with van der Waals surface area (Å²) in [6, 6.07) is 16.7. The molecule has 4 heteroatoms. The third kappa shape index (κ3) is 2.43. The van der Waals surface area contributed by atoms with Crippen LogP contribution in [0.4, 0.5) is 5.69 Å². The van der Waals surface area contributed by atoms with E-state index in [0.29, 0.717) is 0 Å². The van der Waals surface area contributed by atoms with Crippen molar-refractivity contribution in [3.05, 3.63) is 70.2 Å². The van der Waals surface area contributed by atoms with Gasteiger partial charge in [-0.2, -0.15) is 0 Å². The van der Waals surface area contributed by atoms with E-state index in [-0.39, 0.29) is 17.2 Å². The van der Waals surface area contributed by atoms with Gasteiger partial charge in [0.2, 0.25) is 5.91 Å². The van der Waals surface area contributed by atoms with Crippen molar-refractivity contribution in [2.24, 2.45) is 5.92 Å². The molecule has 0 saturated carbocycles. The first kappa shape index (κ1) is 17.3. The van der Waals surface area contributed by atoms with E-state index < -0.39 is 5.66 Å². The van der Waals surface area contributed by atoms with Gasteiger partial charge in [-0.05, 0) is 35.4 Å². The van der Waals surface area contributed by atoms with Crippen molar-refractivity contribution in [1.82, 2.24) is 5.32 Å². The van der Waals surface area contributed by atoms with Gasteiger partial charge in [0.15, 0.2) is 0 Å². The summed E-state index contributed by atoms with van der Waals surface area (Å²) >= 11 is 3.48. The first-order chi connectivity index (χ1) is 12.3. The van der Waals surface area contributed by atoms with Gasteiger partial charge in [0.05, 0.1) is 5.92 Å². The quantitative estimate of drug-likeness (QED) is 0.776. The minimum Gasteiger partial charge on any atom is -0.344 e. The number of halogens is 1. The number of nitrogens with zero attached hydrogens (tertiary/aromatic N) is 1. The van der Waals surface area contributed by atoms with Gasteiger partial charge in [-0.1, -0.05) is 73.1 Å². The molecule has 4 rings (SSSR count). The number of hydrogen-bond acceptors (Lipinski definition) is 2. The molecule has 2 aromatic carbocycles. The average molecular weight is 411 g/mol. The van der Waals surface area contributed by atoms with Crippen LogP contribution in [0, 0.1) is 5.92 Å². The molecule has 2 atom stereocenters. The van der Waals surface area contributed by atoms with Crippen LogP contribution in [-0.2, 0) is 10.2 Å². The predicted molar refractivity (Wildman–Crippen MR) is 110 cm³/mol. The Morgan fingerprint density at radius 3 is 2.58 bits per heavy atom. The molecule has 3 nitrogen and oxygen atoms in total. The van der Waals surface area contributed by atoms with Crippen molar-refractivity contribution < 1.29 is 4.79 Å². The molecule has 26 heavy (non-hydrogen) atoms. The lowest BCUT2D eigenvalue weighted by atomic mass is 9.74. The highest BCUT2D eigenvalue weighted by atomic mass is 79.9. The Kier molecular flexibility index (Phi) is 3.99. The van der Waals surface area contributed by atoms with E-state index in [9.17, 15) is 4.79 Å². The van der Waals surface area contributed by atoms with E-state index >= 15 is 0 Å². The Balaban J connectivity index is 1.84. The van der Waals surface area contributed by atoms with Crippen LogP contribution in [0.15, 0.2) is 59.1 Å². The normalized spacial score (nSPS) is 26.5. The lowest BCUT2D eigenvalue weighted by Gasteiger charge is -2.50. The highest BCUT2D eigenvalue weighted by Crippen LogP contribution is 2.52. The fraction of sp³-hybridized carbons (Fsp3) is 0.318. The molecule has 0 unspecified atom stereocenters. The summed E-state index contributed by atoms with van der Waals surface area (Å²) in [5, 5.41) is 3.35. The number of anilines is 1. The Morgan fingerprint density at radius 2 is 1.85 bits per heavy atom. The highest BCUT2D eigenvalue weighted by molar-refractivity contribution is 9.10. The van der Waals surface area contributed by atoms with Crippen LogP contribution in [0.1, 0.15) is 31.9 Å². The van der Waals surface area contributed by atoms with Crippen LogP contribution in [0.2, 0.25) is 0 Å². The summed E-state index contributed by atoms with van der Waals surface area (Å²) in [5.74, 6) is 0.0775. The summed E-state index contributed by atoms with van der Waals surface area (Å²) in [7, 11) is 0. The zero-order chi connectivity index (χ0) is 18.5. The van der Waals surface area contributed by atoms with Gasteiger partial charge >= 0.3 is 0 Å². The molecular weight excluding hydrogens is 388 g/mol. The number of rotatable bonds is 2. The number of carbonyl (C=O) groups excluding carboxylic acids is 1. The van der Waals surface area contributed by atoms with Crippen molar-refractivity contribution >= 4 is 33.6 Å². The monoisotopic (exact) mass is 410 g/mol. The predicted octanol–water partition coefficient (Wildman–Crippen LogP) is 4.72. The number of hydrogen-bond donors (Lipinski definition) is 1. The minimum atomic E-state index is -0.562. The van der Waals surface area contributed by atoms with Gasteiger partial charge in [-0.25, -0.2) is 0 Å². The second-order valence-electron chi connectivity index (χ2n) is 7.79. The maximum Gasteiger partial charge on any atom is 0.226 e. The van der Waals surface area contributed by atoms with Crippen LogP contribution < -0.4 is 10.2 Å². The SMILES string of the molecule is C[C@@H]1CN2c3ccccc3C(C)(C)[C@@]2(/C=C/c2ccc(Br)cc2)NC1=O. The van der Waals surface area contributed by atoms with Gasteiger partial charge in [-0.3, -0.25) is 4.79 Å². The molecule has 0 radical (unpaired) electrons. The number of nitrogens with one attached hydrogen (secondary N) is 1. The van der Waals surface area contributed by atoms with Crippen molar-refractivity contribution in [2.75, 3.05) is 11.4 Å². The minimum absolute atomic E-state index is 0.0360. The van der Waals surface area contributed by atoms with E-state index in [1.54, 1.807) is 0 Å². The third-order valence-corrected chi connectivity index (χ3v) is 6.38.